The molecule has 1 aliphatic carbocycles. The second-order valence-corrected chi connectivity index (χ2v) is 6.45. The molecule has 0 saturated heterocycles. The molecule has 0 aromatic heterocycles. The highest BCUT2D eigenvalue weighted by Crippen LogP contribution is 2.17. The lowest BCUT2D eigenvalue weighted by atomic mass is 9.96. The van der Waals surface area contributed by atoms with Gasteiger partial charge in [0.05, 0.1) is 0 Å². The average molecular weight is 287 g/mol. The van der Waals surface area contributed by atoms with E-state index in [4.69, 9.17) is 0 Å². The first-order valence-corrected chi connectivity index (χ1v) is 8.59. The molecule has 1 aliphatic rings. The Morgan fingerprint density at radius 2 is 1.67 bits per heavy atom. The Morgan fingerprint density at radius 3 is 2.33 bits per heavy atom. The van der Waals surface area contributed by atoms with Crippen LogP contribution in [0.4, 0.5) is 0 Å². The number of aryl methyl sites for hydroxylation is 2. The maximum absolute atomic E-state index is 12.0. The van der Waals surface area contributed by atoms with Crippen LogP contribution in [0.5, 0.6) is 0 Å². The number of hydrogen-bond acceptors (Lipinski definition) is 1. The van der Waals surface area contributed by atoms with Crippen LogP contribution in [-0.2, 0) is 11.2 Å². The summed E-state index contributed by atoms with van der Waals surface area (Å²) < 4.78 is 0. The van der Waals surface area contributed by atoms with Crippen molar-refractivity contribution in [1.82, 2.24) is 5.32 Å². The predicted octanol–water partition coefficient (Wildman–Crippen LogP) is 4.55. The van der Waals surface area contributed by atoms with E-state index < -0.39 is 0 Å². The summed E-state index contributed by atoms with van der Waals surface area (Å²) in [5.41, 5.74) is 2.63. The van der Waals surface area contributed by atoms with Crippen LogP contribution in [0.25, 0.3) is 0 Å². The number of carbonyl (C=O) groups excluding carboxylic acids is 1. The Morgan fingerprint density at radius 1 is 1.05 bits per heavy atom. The molecule has 1 aromatic rings. The molecule has 0 heterocycles. The maximum Gasteiger partial charge on any atom is 0.220 e. The molecular formula is C19H29NO. The minimum Gasteiger partial charge on any atom is -0.353 e. The normalized spacial score (nSPS) is 17.0. The second-order valence-electron chi connectivity index (χ2n) is 6.45. The lowest BCUT2D eigenvalue weighted by molar-refractivity contribution is -0.122. The molecule has 21 heavy (non-hydrogen) atoms. The summed E-state index contributed by atoms with van der Waals surface area (Å²) in [4.78, 5) is 12.0. The number of amides is 1. The molecule has 1 aromatic carbocycles. The summed E-state index contributed by atoms with van der Waals surface area (Å²) in [6.07, 6.45) is 11.5. The second kappa shape index (κ2) is 8.86. The molecule has 0 atom stereocenters. The van der Waals surface area contributed by atoms with E-state index in [1.54, 1.807) is 0 Å². The molecule has 0 bridgehead atoms. The van der Waals surface area contributed by atoms with Crippen LogP contribution >= 0.6 is 0 Å². The van der Waals surface area contributed by atoms with Crippen LogP contribution < -0.4 is 5.32 Å². The van der Waals surface area contributed by atoms with Crippen molar-refractivity contribution in [3.05, 3.63) is 35.4 Å². The fourth-order valence-corrected chi connectivity index (χ4v) is 3.11. The Kier molecular flexibility index (Phi) is 6.78. The first-order valence-electron chi connectivity index (χ1n) is 8.59. The number of nitrogens with one attached hydrogen (secondary N) is 1. The fourth-order valence-electron chi connectivity index (χ4n) is 3.11. The quantitative estimate of drug-likeness (QED) is 0.846. The number of hydrogen-bond donors (Lipinski definition) is 1. The van der Waals surface area contributed by atoms with Gasteiger partial charge >= 0.3 is 0 Å². The molecule has 2 nitrogen and oxygen atoms in total. The first kappa shape index (κ1) is 16.1. The predicted molar refractivity (Wildman–Crippen MR) is 88.4 cm³/mol. The van der Waals surface area contributed by atoms with E-state index in [1.807, 2.05) is 0 Å². The van der Waals surface area contributed by atoms with Gasteiger partial charge in [0.1, 0.15) is 0 Å². The standard InChI is InChI=1S/C19H29NO/c1-16-12-14-17(15-13-16)8-7-11-19(21)20-18-9-5-3-2-4-6-10-18/h12-15,18H,2-11H2,1H3,(H,20,21). The minimum atomic E-state index is 0.243. The highest BCUT2D eigenvalue weighted by atomic mass is 16.1. The van der Waals surface area contributed by atoms with Gasteiger partial charge in [-0.1, -0.05) is 61.9 Å². The molecule has 0 aliphatic heterocycles. The Hall–Kier alpha value is -1.31. The topological polar surface area (TPSA) is 29.1 Å². The molecule has 1 amide bonds. The molecule has 0 spiro atoms. The van der Waals surface area contributed by atoms with Gasteiger partial charge in [-0.25, -0.2) is 0 Å². The van der Waals surface area contributed by atoms with E-state index in [9.17, 15) is 4.79 Å². The molecule has 2 rings (SSSR count). The van der Waals surface area contributed by atoms with Crippen LogP contribution in [0.2, 0.25) is 0 Å². The van der Waals surface area contributed by atoms with Crippen LogP contribution in [0.15, 0.2) is 24.3 Å². The fraction of sp³-hybridized carbons (Fsp3) is 0.632. The van der Waals surface area contributed by atoms with Gasteiger partial charge in [0.25, 0.3) is 0 Å². The van der Waals surface area contributed by atoms with Crippen molar-refractivity contribution in [3.8, 4) is 0 Å². The van der Waals surface area contributed by atoms with Crippen molar-refractivity contribution in [2.24, 2.45) is 0 Å². The van der Waals surface area contributed by atoms with E-state index in [0.29, 0.717) is 12.5 Å². The number of benzene rings is 1. The summed E-state index contributed by atoms with van der Waals surface area (Å²) in [5, 5.41) is 3.24. The molecule has 116 valence electrons. The Labute approximate surface area is 129 Å². The summed E-state index contributed by atoms with van der Waals surface area (Å²) in [6.45, 7) is 2.10. The van der Waals surface area contributed by atoms with Crippen LogP contribution in [-0.4, -0.2) is 11.9 Å². The molecule has 0 unspecified atom stereocenters. The summed E-state index contributed by atoms with van der Waals surface area (Å²) >= 11 is 0. The first-order chi connectivity index (χ1) is 10.2. The van der Waals surface area contributed by atoms with Gasteiger partial charge in [0.2, 0.25) is 5.91 Å². The molecule has 0 radical (unpaired) electrons. The van der Waals surface area contributed by atoms with Gasteiger partial charge in [-0.2, -0.15) is 0 Å². The highest BCUT2D eigenvalue weighted by molar-refractivity contribution is 5.76. The van der Waals surface area contributed by atoms with Crippen molar-refractivity contribution in [3.63, 3.8) is 0 Å². The maximum atomic E-state index is 12.0. The largest absolute Gasteiger partial charge is 0.353 e. The summed E-state index contributed by atoms with van der Waals surface area (Å²) in [6, 6.07) is 9.05. The van der Waals surface area contributed by atoms with Crippen LogP contribution in [0.3, 0.4) is 0 Å². The summed E-state index contributed by atoms with van der Waals surface area (Å²) in [5.74, 6) is 0.243. The molecule has 1 fully saturated rings. The lowest BCUT2D eigenvalue weighted by Crippen LogP contribution is -2.35. The average Bonchev–Trinajstić information content (AvgIpc) is 2.44. The van der Waals surface area contributed by atoms with Crippen LogP contribution in [0.1, 0.15) is 68.9 Å². The van der Waals surface area contributed by atoms with Crippen molar-refractivity contribution >= 4 is 5.91 Å². The Bertz CT molecular complexity index is 416. The van der Waals surface area contributed by atoms with Gasteiger partial charge in [-0.05, 0) is 38.2 Å². The molecule has 2 heteroatoms. The van der Waals surface area contributed by atoms with Gasteiger partial charge in [-0.15, -0.1) is 0 Å². The smallest absolute Gasteiger partial charge is 0.220 e. The SMILES string of the molecule is Cc1ccc(CCCC(=O)NC2CCCCCCC2)cc1. The molecular weight excluding hydrogens is 258 g/mol. The van der Waals surface area contributed by atoms with E-state index >= 15 is 0 Å². The van der Waals surface area contributed by atoms with Gasteiger partial charge in [0, 0.05) is 12.5 Å². The van der Waals surface area contributed by atoms with Crippen molar-refractivity contribution < 1.29 is 4.79 Å². The van der Waals surface area contributed by atoms with Gasteiger partial charge in [0.15, 0.2) is 0 Å². The molecule has 1 N–H and O–H groups in total. The van der Waals surface area contributed by atoms with Gasteiger partial charge < -0.3 is 5.32 Å². The monoisotopic (exact) mass is 287 g/mol. The minimum absolute atomic E-state index is 0.243. The molecule has 1 saturated carbocycles. The van der Waals surface area contributed by atoms with Gasteiger partial charge in [-0.3, -0.25) is 4.79 Å². The van der Waals surface area contributed by atoms with Crippen LogP contribution in [0, 0.1) is 6.92 Å². The zero-order valence-electron chi connectivity index (χ0n) is 13.4. The van der Waals surface area contributed by atoms with Crippen molar-refractivity contribution in [1.29, 1.82) is 0 Å². The zero-order valence-corrected chi connectivity index (χ0v) is 13.4. The van der Waals surface area contributed by atoms with E-state index in [0.717, 1.165) is 12.8 Å². The van der Waals surface area contributed by atoms with E-state index in [2.05, 4.69) is 36.5 Å². The highest BCUT2D eigenvalue weighted by Gasteiger charge is 2.13. The van der Waals surface area contributed by atoms with E-state index in [-0.39, 0.29) is 5.91 Å². The van der Waals surface area contributed by atoms with Crippen molar-refractivity contribution in [2.45, 2.75) is 77.2 Å². The van der Waals surface area contributed by atoms with E-state index in [1.165, 1.54) is 56.1 Å². The lowest BCUT2D eigenvalue weighted by Gasteiger charge is -2.21. The third kappa shape index (κ3) is 6.33. The third-order valence-electron chi connectivity index (χ3n) is 4.46. The Balaban J connectivity index is 1.65. The zero-order chi connectivity index (χ0) is 14.9. The number of rotatable bonds is 5. The third-order valence-corrected chi connectivity index (χ3v) is 4.46. The van der Waals surface area contributed by atoms with Crippen molar-refractivity contribution in [2.75, 3.05) is 0 Å². The summed E-state index contributed by atoms with van der Waals surface area (Å²) in [7, 11) is 0. The number of carbonyl (C=O) groups is 1.